The number of alkyl halides is 3. The van der Waals surface area contributed by atoms with E-state index in [2.05, 4.69) is 9.99 Å². The number of ether oxygens (including phenoxy) is 2. The summed E-state index contributed by atoms with van der Waals surface area (Å²) >= 11 is 1.09. The number of anilines is 1. The third kappa shape index (κ3) is 7.09. The summed E-state index contributed by atoms with van der Waals surface area (Å²) in [6.45, 7) is 4.29. The van der Waals surface area contributed by atoms with Crippen LogP contribution in [0.4, 0.5) is 18.2 Å². The maximum Gasteiger partial charge on any atom is 0.437 e. The van der Waals surface area contributed by atoms with Crippen LogP contribution in [0, 0.1) is 0 Å². The van der Waals surface area contributed by atoms with Crippen molar-refractivity contribution < 1.29 is 41.9 Å². The molecule has 2 rings (SSSR count). The number of thiophene rings is 1. The molecule has 0 aromatic carbocycles. The van der Waals surface area contributed by atoms with Gasteiger partial charge in [0.2, 0.25) is 0 Å². The highest BCUT2D eigenvalue weighted by atomic mass is 32.1. The minimum absolute atomic E-state index is 0.0577. The number of hydrogen-bond acceptors (Lipinski definition) is 9. The lowest BCUT2D eigenvalue weighted by Crippen LogP contribution is -2.28. The maximum atomic E-state index is 13.0. The van der Waals surface area contributed by atoms with Crippen molar-refractivity contribution in [1.82, 2.24) is 0 Å². The smallest absolute Gasteiger partial charge is 0.437 e. The topological polar surface area (TPSA) is 94.5 Å². The first kappa shape index (κ1) is 24.4. The molecular weight excluding hydrogens is 441 g/mol. The van der Waals surface area contributed by atoms with Gasteiger partial charge in [0.25, 0.3) is 0 Å². The quantitative estimate of drug-likeness (QED) is 0.299. The molecule has 0 atom stereocenters. The zero-order valence-corrected chi connectivity index (χ0v) is 17.7. The predicted octanol–water partition coefficient (Wildman–Crippen LogP) is 3.32. The molecule has 2 heterocycles. The summed E-state index contributed by atoms with van der Waals surface area (Å²) in [5.74, 6) is -2.02. The minimum atomic E-state index is -4.83. The van der Waals surface area contributed by atoms with Gasteiger partial charge in [0.1, 0.15) is 0 Å². The summed E-state index contributed by atoms with van der Waals surface area (Å²) in [5.41, 5.74) is -2.08. The van der Waals surface area contributed by atoms with Crippen molar-refractivity contribution in [2.45, 2.75) is 32.9 Å². The van der Waals surface area contributed by atoms with Crippen molar-refractivity contribution in [1.29, 1.82) is 0 Å². The molecule has 1 aromatic heterocycles. The first-order chi connectivity index (χ1) is 14.7. The first-order valence-corrected chi connectivity index (χ1v) is 10.2. The Bertz CT molecular complexity index is 856. The first-order valence-electron chi connectivity index (χ1n) is 9.40. The van der Waals surface area contributed by atoms with Crippen molar-refractivity contribution in [2.75, 3.05) is 31.2 Å². The second-order valence-corrected chi connectivity index (χ2v) is 7.24. The van der Waals surface area contributed by atoms with E-state index in [-0.39, 0.29) is 39.1 Å². The van der Waals surface area contributed by atoms with Crippen molar-refractivity contribution in [3.05, 3.63) is 22.6 Å². The predicted molar refractivity (Wildman–Crippen MR) is 107 cm³/mol. The van der Waals surface area contributed by atoms with Crippen LogP contribution in [-0.4, -0.2) is 56.1 Å². The number of rotatable bonds is 10. The number of esters is 2. The Morgan fingerprint density at radius 2 is 1.71 bits per heavy atom. The van der Waals surface area contributed by atoms with Gasteiger partial charge in [-0.15, -0.1) is 11.3 Å². The summed E-state index contributed by atoms with van der Waals surface area (Å²) in [6.07, 6.45) is -3.67. The van der Waals surface area contributed by atoms with Crippen molar-refractivity contribution >= 4 is 46.0 Å². The Morgan fingerprint density at radius 3 is 2.23 bits per heavy atom. The highest BCUT2D eigenvalue weighted by Crippen LogP contribution is 2.32. The number of carbonyl (C=O) groups is 3. The van der Waals surface area contributed by atoms with E-state index < -0.39 is 35.4 Å². The van der Waals surface area contributed by atoms with Gasteiger partial charge < -0.3 is 19.2 Å². The van der Waals surface area contributed by atoms with Crippen LogP contribution in [0.3, 0.4) is 0 Å². The van der Waals surface area contributed by atoms with Gasteiger partial charge in [-0.3, -0.25) is 9.59 Å². The Morgan fingerprint density at radius 1 is 1.13 bits per heavy atom. The largest absolute Gasteiger partial charge is 0.466 e. The molecule has 0 saturated heterocycles. The Balaban J connectivity index is 2.19. The summed E-state index contributed by atoms with van der Waals surface area (Å²) in [6, 6.07) is 3.15. The standard InChI is InChI=1S/C19H21F3N2O6S/c1-3-28-15(25)7-9-24(10-8-16(26)29-4-2)14-6-5-12(31-14)11-13-17(19(20,21)22)23-30-18(13)27/h5-6,11H,3-4,7-10H2,1-2H3. The highest BCUT2D eigenvalue weighted by Gasteiger charge is 2.45. The van der Waals surface area contributed by atoms with Gasteiger partial charge in [0.15, 0.2) is 5.71 Å². The van der Waals surface area contributed by atoms with Crippen LogP contribution < -0.4 is 4.90 Å². The van der Waals surface area contributed by atoms with E-state index in [1.807, 2.05) is 0 Å². The number of oxime groups is 1. The van der Waals surface area contributed by atoms with Gasteiger partial charge in [-0.2, -0.15) is 13.2 Å². The molecule has 170 valence electrons. The fourth-order valence-corrected chi connectivity index (χ4v) is 3.60. The highest BCUT2D eigenvalue weighted by molar-refractivity contribution is 7.17. The maximum absolute atomic E-state index is 13.0. The van der Waals surface area contributed by atoms with Crippen molar-refractivity contribution in [3.8, 4) is 0 Å². The van der Waals surface area contributed by atoms with E-state index in [9.17, 15) is 27.6 Å². The Labute approximate surface area is 180 Å². The molecule has 0 fully saturated rings. The fraction of sp³-hybridized carbons (Fsp3) is 0.474. The lowest BCUT2D eigenvalue weighted by Gasteiger charge is -2.22. The molecule has 0 unspecified atom stereocenters. The van der Waals surface area contributed by atoms with Crippen LogP contribution in [0.5, 0.6) is 0 Å². The molecule has 1 aliphatic rings. The van der Waals surface area contributed by atoms with Gasteiger partial charge in [-0.25, -0.2) is 4.79 Å². The van der Waals surface area contributed by atoms with Crippen molar-refractivity contribution in [2.24, 2.45) is 5.16 Å². The molecule has 8 nitrogen and oxygen atoms in total. The third-order valence-electron chi connectivity index (χ3n) is 3.96. The monoisotopic (exact) mass is 462 g/mol. The lowest BCUT2D eigenvalue weighted by molar-refractivity contribution is -0.143. The summed E-state index contributed by atoms with van der Waals surface area (Å²) in [5, 5.41) is 3.40. The van der Waals surface area contributed by atoms with Crippen molar-refractivity contribution in [3.63, 3.8) is 0 Å². The summed E-state index contributed by atoms with van der Waals surface area (Å²) in [7, 11) is 0. The van der Waals surface area contributed by atoms with E-state index >= 15 is 0 Å². The van der Waals surface area contributed by atoms with E-state index in [4.69, 9.17) is 9.47 Å². The van der Waals surface area contributed by atoms with Crippen LogP contribution >= 0.6 is 11.3 Å². The molecule has 0 spiro atoms. The van der Waals surface area contributed by atoms with Crippen LogP contribution in [-0.2, 0) is 28.7 Å². The SMILES string of the molecule is CCOC(=O)CCN(CCC(=O)OCC)c1ccc(C=C2C(=O)ON=C2C(F)(F)F)s1. The molecule has 12 heteroatoms. The zero-order chi connectivity index (χ0) is 23.0. The minimum Gasteiger partial charge on any atom is -0.466 e. The zero-order valence-electron chi connectivity index (χ0n) is 16.9. The number of hydrogen-bond donors (Lipinski definition) is 0. The van der Waals surface area contributed by atoms with Crippen LogP contribution in [0.2, 0.25) is 0 Å². The Hall–Kier alpha value is -2.89. The van der Waals surface area contributed by atoms with E-state index in [1.54, 1.807) is 24.8 Å². The van der Waals surface area contributed by atoms with E-state index in [0.29, 0.717) is 9.88 Å². The van der Waals surface area contributed by atoms with Gasteiger partial charge >= 0.3 is 24.1 Å². The molecule has 1 aliphatic heterocycles. The molecule has 0 saturated carbocycles. The number of halogens is 3. The van der Waals surface area contributed by atoms with E-state index in [0.717, 1.165) is 17.4 Å². The van der Waals surface area contributed by atoms with Gasteiger partial charge in [0.05, 0.1) is 36.6 Å². The summed E-state index contributed by atoms with van der Waals surface area (Å²) < 4.78 is 48.8. The molecule has 0 amide bonds. The number of carbonyl (C=O) groups excluding carboxylic acids is 3. The molecule has 0 N–H and O–H groups in total. The molecule has 0 bridgehead atoms. The molecular formula is C19H21F3N2O6S. The molecule has 0 radical (unpaired) electrons. The second kappa shape index (κ2) is 10.9. The average molecular weight is 462 g/mol. The third-order valence-corrected chi connectivity index (χ3v) is 5.05. The summed E-state index contributed by atoms with van der Waals surface area (Å²) in [4.78, 5) is 41.3. The normalized spacial score (nSPS) is 14.9. The van der Waals surface area contributed by atoms with Gasteiger partial charge in [-0.05, 0) is 32.1 Å². The van der Waals surface area contributed by atoms with Gasteiger partial charge in [0, 0.05) is 18.0 Å². The van der Waals surface area contributed by atoms with Crippen LogP contribution in [0.25, 0.3) is 6.08 Å². The lowest BCUT2D eigenvalue weighted by atomic mass is 10.1. The number of nitrogens with zero attached hydrogens (tertiary/aromatic N) is 2. The fourth-order valence-electron chi connectivity index (χ4n) is 2.60. The van der Waals surface area contributed by atoms with E-state index in [1.165, 1.54) is 6.07 Å². The average Bonchev–Trinajstić information content (AvgIpc) is 3.29. The Kier molecular flexibility index (Phi) is 8.60. The molecule has 1 aromatic rings. The second-order valence-electron chi connectivity index (χ2n) is 6.15. The van der Waals surface area contributed by atoms with Crippen LogP contribution in [0.1, 0.15) is 31.6 Å². The van der Waals surface area contributed by atoms with Gasteiger partial charge in [-0.1, -0.05) is 5.16 Å². The van der Waals surface area contributed by atoms with Crippen LogP contribution in [0.15, 0.2) is 22.9 Å². The molecule has 0 aliphatic carbocycles. The molecule has 31 heavy (non-hydrogen) atoms.